The normalized spacial score (nSPS) is 20.7. The predicted octanol–water partition coefficient (Wildman–Crippen LogP) is -1.95. The third kappa shape index (κ3) is 4.94. The maximum absolute atomic E-state index is 11.7. The number of halogens is 1. The number of hydrogen-bond acceptors (Lipinski definition) is 2. The van der Waals surface area contributed by atoms with Crippen molar-refractivity contribution in [2.24, 2.45) is 5.92 Å². The maximum Gasteiger partial charge on any atom is 0.141 e. The van der Waals surface area contributed by atoms with E-state index in [2.05, 4.69) is 5.32 Å². The Kier molecular flexibility index (Phi) is 7.06. The van der Waals surface area contributed by atoms with Crippen molar-refractivity contribution in [1.82, 2.24) is 0 Å². The smallest absolute Gasteiger partial charge is 0.141 e. The topological polar surface area (TPSA) is 53.9 Å². The van der Waals surface area contributed by atoms with Crippen molar-refractivity contribution >= 4 is 5.78 Å². The average Bonchev–Trinajstić information content (AvgIpc) is 2.42. The lowest BCUT2D eigenvalue weighted by Gasteiger charge is -2.19. The zero-order valence-corrected chi connectivity index (χ0v) is 11.9. The summed E-state index contributed by atoms with van der Waals surface area (Å²) in [7, 11) is 0. The third-order valence-electron chi connectivity index (χ3n) is 3.71. The van der Waals surface area contributed by atoms with Crippen LogP contribution in [0.15, 0.2) is 30.3 Å². The van der Waals surface area contributed by atoms with Crippen LogP contribution in [0.1, 0.15) is 37.4 Å². The molecule has 1 saturated carbocycles. The number of quaternary nitrogens is 1. The first-order chi connectivity index (χ1) is 8.77. The predicted molar refractivity (Wildman–Crippen MR) is 70.0 cm³/mol. The van der Waals surface area contributed by atoms with Crippen LogP contribution in [-0.4, -0.2) is 24.0 Å². The van der Waals surface area contributed by atoms with Crippen LogP contribution >= 0.6 is 0 Å². The first-order valence-corrected chi connectivity index (χ1v) is 6.85. The Morgan fingerprint density at radius 3 is 2.68 bits per heavy atom. The lowest BCUT2D eigenvalue weighted by atomic mass is 9.88. The van der Waals surface area contributed by atoms with E-state index in [9.17, 15) is 9.90 Å². The Morgan fingerprint density at radius 1 is 1.26 bits per heavy atom. The van der Waals surface area contributed by atoms with Crippen LogP contribution in [-0.2, 0) is 4.79 Å². The van der Waals surface area contributed by atoms with Crippen molar-refractivity contribution in [3.05, 3.63) is 35.9 Å². The summed E-state index contributed by atoms with van der Waals surface area (Å²) in [6.45, 7) is 1.45. The lowest BCUT2D eigenvalue weighted by Crippen LogP contribution is -3.00. The fourth-order valence-corrected chi connectivity index (χ4v) is 2.57. The number of benzene rings is 1. The zero-order valence-electron chi connectivity index (χ0n) is 11.1. The summed E-state index contributed by atoms with van der Waals surface area (Å²) in [4.78, 5) is 11.7. The van der Waals surface area contributed by atoms with Gasteiger partial charge in [-0.2, -0.15) is 0 Å². The van der Waals surface area contributed by atoms with E-state index >= 15 is 0 Å². The molecule has 0 amide bonds. The minimum absolute atomic E-state index is 0. The molecule has 0 bridgehead atoms. The molecule has 0 aromatic heterocycles. The van der Waals surface area contributed by atoms with Gasteiger partial charge in [-0.15, -0.1) is 0 Å². The van der Waals surface area contributed by atoms with Crippen LogP contribution in [0.3, 0.4) is 0 Å². The Labute approximate surface area is 120 Å². The molecule has 0 saturated heterocycles. The molecule has 0 spiro atoms. The van der Waals surface area contributed by atoms with Crippen molar-refractivity contribution in [2.45, 2.75) is 31.8 Å². The van der Waals surface area contributed by atoms with Gasteiger partial charge < -0.3 is 22.8 Å². The van der Waals surface area contributed by atoms with Gasteiger partial charge in [0.05, 0.1) is 12.5 Å². The minimum atomic E-state index is -0.440. The van der Waals surface area contributed by atoms with Gasteiger partial charge in [-0.3, -0.25) is 4.79 Å². The minimum Gasteiger partial charge on any atom is -1.00 e. The van der Waals surface area contributed by atoms with Gasteiger partial charge in [0, 0.05) is 6.42 Å². The quantitative estimate of drug-likeness (QED) is 0.660. The van der Waals surface area contributed by atoms with Gasteiger partial charge in [0.2, 0.25) is 0 Å². The van der Waals surface area contributed by atoms with Gasteiger partial charge >= 0.3 is 0 Å². The summed E-state index contributed by atoms with van der Waals surface area (Å²) in [6.07, 6.45) is 3.56. The number of nitrogens with two attached hydrogens (primary N) is 1. The third-order valence-corrected chi connectivity index (χ3v) is 3.71. The molecule has 1 aliphatic rings. The van der Waals surface area contributed by atoms with Crippen molar-refractivity contribution in [1.29, 1.82) is 0 Å². The maximum atomic E-state index is 11.7. The Morgan fingerprint density at radius 2 is 2.00 bits per heavy atom. The number of aliphatic hydroxyl groups is 1. The monoisotopic (exact) mass is 283 g/mol. The van der Waals surface area contributed by atoms with E-state index in [1.807, 2.05) is 30.3 Å². The Bertz CT molecular complexity index is 383. The number of Topliss-reactive ketones (excluding diaryl/α,β-unsaturated/α-hetero) is 1. The van der Waals surface area contributed by atoms with Crippen molar-refractivity contribution in [2.75, 3.05) is 13.1 Å². The number of aliphatic hydroxyl groups excluding tert-OH is 1. The molecule has 4 heteroatoms. The second kappa shape index (κ2) is 8.31. The van der Waals surface area contributed by atoms with Gasteiger partial charge in [-0.05, 0) is 18.4 Å². The first kappa shape index (κ1) is 16.2. The highest BCUT2D eigenvalue weighted by atomic mass is 35.5. The summed E-state index contributed by atoms with van der Waals surface area (Å²) in [5.74, 6) is 0.619. The molecule has 2 unspecified atom stereocenters. The van der Waals surface area contributed by atoms with Crippen LogP contribution in [0.5, 0.6) is 0 Å². The standard InChI is InChI=1S/C15H21NO2.ClH/c17-14-9-5-4-8-13(14)10-16-11-15(18)12-6-2-1-3-7-12;/h1-3,6-7,13,15-16,18H,4-5,8-11H2;1H. The zero-order chi connectivity index (χ0) is 12.8. The summed E-state index contributed by atoms with van der Waals surface area (Å²) in [5.41, 5.74) is 0.948. The highest BCUT2D eigenvalue weighted by molar-refractivity contribution is 5.81. The van der Waals surface area contributed by atoms with Gasteiger partial charge in [-0.1, -0.05) is 36.8 Å². The number of hydrogen-bond donors (Lipinski definition) is 2. The Hall–Kier alpha value is -0.900. The number of ketones is 1. The van der Waals surface area contributed by atoms with E-state index in [4.69, 9.17) is 0 Å². The van der Waals surface area contributed by atoms with Gasteiger partial charge in [-0.25, -0.2) is 0 Å². The highest BCUT2D eigenvalue weighted by Gasteiger charge is 2.23. The van der Waals surface area contributed by atoms with Gasteiger partial charge in [0.1, 0.15) is 18.4 Å². The number of carbonyl (C=O) groups is 1. The van der Waals surface area contributed by atoms with Crippen LogP contribution < -0.4 is 17.7 Å². The van der Waals surface area contributed by atoms with Crippen LogP contribution in [0.25, 0.3) is 0 Å². The highest BCUT2D eigenvalue weighted by Crippen LogP contribution is 2.18. The molecule has 3 N–H and O–H groups in total. The molecule has 1 aromatic carbocycles. The molecule has 1 fully saturated rings. The average molecular weight is 284 g/mol. The van der Waals surface area contributed by atoms with Gasteiger partial charge in [0.25, 0.3) is 0 Å². The fraction of sp³-hybridized carbons (Fsp3) is 0.533. The van der Waals surface area contributed by atoms with E-state index in [0.29, 0.717) is 12.3 Å². The molecular formula is C15H22ClNO2. The summed E-state index contributed by atoms with van der Waals surface area (Å²) in [5, 5.41) is 12.1. The summed E-state index contributed by atoms with van der Waals surface area (Å²) in [6, 6.07) is 9.68. The van der Waals surface area contributed by atoms with Crippen LogP contribution in [0.2, 0.25) is 0 Å². The molecule has 0 aliphatic heterocycles. The molecule has 1 aliphatic carbocycles. The van der Waals surface area contributed by atoms with Crippen molar-refractivity contribution in [3.8, 4) is 0 Å². The lowest BCUT2D eigenvalue weighted by molar-refractivity contribution is -0.665. The molecule has 2 atom stereocenters. The van der Waals surface area contributed by atoms with Gasteiger partial charge in [0.15, 0.2) is 0 Å². The van der Waals surface area contributed by atoms with Crippen molar-refractivity contribution in [3.63, 3.8) is 0 Å². The van der Waals surface area contributed by atoms with E-state index in [0.717, 1.165) is 31.4 Å². The first-order valence-electron chi connectivity index (χ1n) is 6.85. The van der Waals surface area contributed by atoms with Crippen LogP contribution in [0.4, 0.5) is 0 Å². The van der Waals surface area contributed by atoms with Crippen LogP contribution in [0, 0.1) is 5.92 Å². The molecule has 0 radical (unpaired) electrons. The second-order valence-electron chi connectivity index (χ2n) is 5.10. The molecule has 19 heavy (non-hydrogen) atoms. The Balaban J connectivity index is 0.00000180. The molecular weight excluding hydrogens is 262 g/mol. The van der Waals surface area contributed by atoms with E-state index in [1.165, 1.54) is 6.42 Å². The van der Waals surface area contributed by atoms with E-state index in [1.54, 1.807) is 0 Å². The fourth-order valence-electron chi connectivity index (χ4n) is 2.57. The van der Waals surface area contributed by atoms with E-state index in [-0.39, 0.29) is 18.3 Å². The van der Waals surface area contributed by atoms with Crippen molar-refractivity contribution < 1.29 is 27.6 Å². The largest absolute Gasteiger partial charge is 1.00 e. The molecule has 3 nitrogen and oxygen atoms in total. The molecule has 1 aromatic rings. The molecule has 2 rings (SSSR count). The summed E-state index contributed by atoms with van der Waals surface area (Å²) >= 11 is 0. The summed E-state index contributed by atoms with van der Waals surface area (Å²) < 4.78 is 0. The molecule has 0 heterocycles. The second-order valence-corrected chi connectivity index (χ2v) is 5.10. The number of rotatable bonds is 5. The SMILES string of the molecule is O=C1CCCCC1C[NH2+]CC(O)c1ccccc1.[Cl-]. The number of carbonyl (C=O) groups excluding carboxylic acids is 1. The van der Waals surface area contributed by atoms with E-state index < -0.39 is 6.10 Å². The molecule has 106 valence electrons.